The van der Waals surface area contributed by atoms with Crippen molar-refractivity contribution in [3.63, 3.8) is 0 Å². The van der Waals surface area contributed by atoms with E-state index in [2.05, 4.69) is 4.98 Å². The quantitative estimate of drug-likeness (QED) is 0.743. The summed E-state index contributed by atoms with van der Waals surface area (Å²) in [6.07, 6.45) is 0. The summed E-state index contributed by atoms with van der Waals surface area (Å²) in [7, 11) is 0. The number of nitrogens with two attached hydrogens (primary N) is 1. The second-order valence-electron chi connectivity index (χ2n) is 3.76. The molecule has 15 heavy (non-hydrogen) atoms. The summed E-state index contributed by atoms with van der Waals surface area (Å²) in [5.74, 6) is 0.255. The first-order chi connectivity index (χ1) is 7.13. The van der Waals surface area contributed by atoms with Gasteiger partial charge in [0.2, 0.25) is 0 Å². The molecule has 3 nitrogen and oxygen atoms in total. The molecular weight excluding hydrogens is 188 g/mol. The van der Waals surface area contributed by atoms with E-state index < -0.39 is 0 Å². The number of aromatic nitrogens is 1. The molecule has 3 N–H and O–H groups in total. The van der Waals surface area contributed by atoms with Crippen LogP contribution >= 0.6 is 0 Å². The molecule has 3 heteroatoms. The third-order valence-electron chi connectivity index (χ3n) is 2.62. The van der Waals surface area contributed by atoms with Crippen molar-refractivity contribution in [2.24, 2.45) is 5.73 Å². The van der Waals surface area contributed by atoms with Gasteiger partial charge in [-0.3, -0.25) is 0 Å². The molecule has 1 aromatic heterocycles. The third kappa shape index (κ3) is 1.55. The number of hydrogen-bond acceptors (Lipinski definition) is 3. The van der Waals surface area contributed by atoms with Crippen LogP contribution in [-0.4, -0.2) is 10.1 Å². The maximum absolute atomic E-state index is 9.90. The van der Waals surface area contributed by atoms with Gasteiger partial charge in [0.15, 0.2) is 0 Å². The number of phenolic OH excluding ortho intramolecular Hbond substituents is 1. The van der Waals surface area contributed by atoms with Crippen molar-refractivity contribution in [3.05, 3.63) is 35.0 Å². The van der Waals surface area contributed by atoms with Gasteiger partial charge in [0.25, 0.3) is 0 Å². The highest BCUT2D eigenvalue weighted by Gasteiger charge is 2.08. The average molecular weight is 202 g/mol. The normalized spacial score (nSPS) is 10.9. The SMILES string of the molecule is Cc1cc(C)c2ccc(CN)nc2c1O. The highest BCUT2D eigenvalue weighted by molar-refractivity contribution is 5.88. The largest absolute Gasteiger partial charge is 0.505 e. The highest BCUT2D eigenvalue weighted by atomic mass is 16.3. The molecule has 2 aromatic rings. The van der Waals surface area contributed by atoms with Crippen molar-refractivity contribution in [3.8, 4) is 5.75 Å². The topological polar surface area (TPSA) is 59.1 Å². The lowest BCUT2D eigenvalue weighted by molar-refractivity contribution is 0.476. The Morgan fingerprint density at radius 3 is 2.67 bits per heavy atom. The van der Waals surface area contributed by atoms with Crippen LogP contribution in [0.2, 0.25) is 0 Å². The Balaban J connectivity index is 2.85. The molecule has 1 aromatic carbocycles. The predicted molar refractivity (Wildman–Crippen MR) is 60.8 cm³/mol. The zero-order valence-electron chi connectivity index (χ0n) is 8.91. The van der Waals surface area contributed by atoms with Crippen molar-refractivity contribution in [1.29, 1.82) is 0 Å². The van der Waals surface area contributed by atoms with E-state index in [1.165, 1.54) is 0 Å². The number of nitrogens with zero attached hydrogens (tertiary/aromatic N) is 1. The second-order valence-corrected chi connectivity index (χ2v) is 3.76. The minimum absolute atomic E-state index is 0.255. The van der Waals surface area contributed by atoms with Gasteiger partial charge in [-0.05, 0) is 31.0 Å². The predicted octanol–water partition coefficient (Wildman–Crippen LogP) is 2.02. The van der Waals surface area contributed by atoms with E-state index in [9.17, 15) is 5.11 Å². The summed E-state index contributed by atoms with van der Waals surface area (Å²) in [5, 5.41) is 10.9. The van der Waals surface area contributed by atoms with Gasteiger partial charge in [-0.2, -0.15) is 0 Å². The van der Waals surface area contributed by atoms with E-state index in [1.807, 2.05) is 32.0 Å². The second kappa shape index (κ2) is 3.51. The Morgan fingerprint density at radius 1 is 1.27 bits per heavy atom. The fourth-order valence-electron chi connectivity index (χ4n) is 1.77. The average Bonchev–Trinajstić information content (AvgIpc) is 2.25. The molecule has 0 saturated carbocycles. The number of rotatable bonds is 1. The Bertz CT molecular complexity index is 521. The maximum Gasteiger partial charge on any atom is 0.144 e. The van der Waals surface area contributed by atoms with Gasteiger partial charge in [-0.25, -0.2) is 4.98 Å². The van der Waals surface area contributed by atoms with Gasteiger partial charge in [0, 0.05) is 11.9 Å². The Hall–Kier alpha value is -1.61. The van der Waals surface area contributed by atoms with Crippen molar-refractivity contribution in [2.45, 2.75) is 20.4 Å². The molecule has 0 fully saturated rings. The Labute approximate surface area is 88.6 Å². The zero-order chi connectivity index (χ0) is 11.0. The molecule has 0 amide bonds. The van der Waals surface area contributed by atoms with Crippen LogP contribution in [0, 0.1) is 13.8 Å². The molecule has 0 bridgehead atoms. The lowest BCUT2D eigenvalue weighted by Crippen LogP contribution is -2.00. The summed E-state index contributed by atoms with van der Waals surface area (Å²) in [6.45, 7) is 4.28. The fraction of sp³-hybridized carbons (Fsp3) is 0.250. The molecule has 1 heterocycles. The van der Waals surface area contributed by atoms with E-state index in [-0.39, 0.29) is 5.75 Å². The number of hydrogen-bond donors (Lipinski definition) is 2. The minimum Gasteiger partial charge on any atom is -0.505 e. The number of aromatic hydroxyl groups is 1. The van der Waals surface area contributed by atoms with Crippen LogP contribution in [0.1, 0.15) is 16.8 Å². The number of pyridine rings is 1. The van der Waals surface area contributed by atoms with E-state index in [0.29, 0.717) is 12.1 Å². The fourth-order valence-corrected chi connectivity index (χ4v) is 1.77. The van der Waals surface area contributed by atoms with Gasteiger partial charge in [-0.15, -0.1) is 0 Å². The highest BCUT2D eigenvalue weighted by Crippen LogP contribution is 2.29. The smallest absolute Gasteiger partial charge is 0.144 e. The molecule has 78 valence electrons. The van der Waals surface area contributed by atoms with E-state index in [4.69, 9.17) is 5.73 Å². The molecular formula is C12H14N2O. The first-order valence-electron chi connectivity index (χ1n) is 4.92. The van der Waals surface area contributed by atoms with Crippen molar-refractivity contribution in [2.75, 3.05) is 0 Å². The summed E-state index contributed by atoms with van der Waals surface area (Å²) >= 11 is 0. The Morgan fingerprint density at radius 2 is 2.00 bits per heavy atom. The summed E-state index contributed by atoms with van der Waals surface area (Å²) in [6, 6.07) is 5.81. The van der Waals surface area contributed by atoms with Crippen LogP contribution in [0.25, 0.3) is 10.9 Å². The van der Waals surface area contributed by atoms with Gasteiger partial charge < -0.3 is 10.8 Å². The maximum atomic E-state index is 9.90. The van der Waals surface area contributed by atoms with Crippen LogP contribution in [0.5, 0.6) is 5.75 Å². The molecule has 0 aliphatic rings. The summed E-state index contributed by atoms with van der Waals surface area (Å²) in [4.78, 5) is 4.34. The van der Waals surface area contributed by atoms with Crippen LogP contribution in [0.15, 0.2) is 18.2 Å². The van der Waals surface area contributed by atoms with Crippen molar-refractivity contribution >= 4 is 10.9 Å². The molecule has 0 saturated heterocycles. The lowest BCUT2D eigenvalue weighted by atomic mass is 10.0. The molecule has 0 atom stereocenters. The molecule has 0 unspecified atom stereocenters. The first-order valence-corrected chi connectivity index (χ1v) is 4.92. The zero-order valence-corrected chi connectivity index (χ0v) is 8.91. The third-order valence-corrected chi connectivity index (χ3v) is 2.62. The number of fused-ring (bicyclic) bond motifs is 1. The van der Waals surface area contributed by atoms with Gasteiger partial charge in [0.1, 0.15) is 11.3 Å². The molecule has 0 radical (unpaired) electrons. The monoisotopic (exact) mass is 202 g/mol. The van der Waals surface area contributed by atoms with Gasteiger partial charge in [0.05, 0.1) is 5.69 Å². The molecule has 2 rings (SSSR count). The van der Waals surface area contributed by atoms with Crippen LogP contribution in [0.4, 0.5) is 0 Å². The van der Waals surface area contributed by atoms with Crippen molar-refractivity contribution < 1.29 is 5.11 Å². The molecule has 0 aliphatic carbocycles. The minimum atomic E-state index is 0.255. The number of phenols is 1. The van der Waals surface area contributed by atoms with Crippen LogP contribution in [-0.2, 0) is 6.54 Å². The molecule has 0 spiro atoms. The van der Waals surface area contributed by atoms with E-state index in [1.54, 1.807) is 0 Å². The van der Waals surface area contributed by atoms with Gasteiger partial charge in [-0.1, -0.05) is 12.1 Å². The summed E-state index contributed by atoms with van der Waals surface area (Å²) < 4.78 is 0. The first kappa shape index (κ1) is 9.93. The van der Waals surface area contributed by atoms with Crippen LogP contribution in [0.3, 0.4) is 0 Å². The summed E-state index contributed by atoms with van der Waals surface area (Å²) in [5.41, 5.74) is 8.94. The lowest BCUT2D eigenvalue weighted by Gasteiger charge is -2.08. The van der Waals surface area contributed by atoms with Crippen molar-refractivity contribution in [1.82, 2.24) is 4.98 Å². The standard InChI is InChI=1S/C12H14N2O/c1-7-5-8(2)12(15)11-10(7)4-3-9(6-13)14-11/h3-5,15H,6,13H2,1-2H3. The number of benzene rings is 1. The Kier molecular flexibility index (Phi) is 2.32. The van der Waals surface area contributed by atoms with E-state index in [0.717, 1.165) is 22.2 Å². The van der Waals surface area contributed by atoms with Crippen LogP contribution < -0.4 is 5.73 Å². The number of aryl methyl sites for hydroxylation is 2. The van der Waals surface area contributed by atoms with Gasteiger partial charge >= 0.3 is 0 Å². The molecule has 0 aliphatic heterocycles. The van der Waals surface area contributed by atoms with E-state index >= 15 is 0 Å².